The van der Waals surface area contributed by atoms with Crippen molar-refractivity contribution in [1.29, 1.82) is 0 Å². The molecule has 58 heavy (non-hydrogen) atoms. The Morgan fingerprint density at radius 1 is 0.569 bits per heavy atom. The zero-order valence-corrected chi connectivity index (χ0v) is 34.6. The molecule has 0 saturated heterocycles. The lowest BCUT2D eigenvalue weighted by atomic mass is 9.42. The van der Waals surface area contributed by atoms with Gasteiger partial charge < -0.3 is 14.1 Å². The first-order chi connectivity index (χ1) is 28.0. The fourth-order valence-corrected chi connectivity index (χ4v) is 12.8. The highest BCUT2D eigenvalue weighted by Crippen LogP contribution is 2.58. The van der Waals surface area contributed by atoms with Crippen molar-refractivity contribution >= 4 is 99.7 Å². The fraction of sp³-hybridized carbons (Fsp3) is 0.208. The molecule has 1 aliphatic carbocycles. The van der Waals surface area contributed by atoms with E-state index in [0.29, 0.717) is 0 Å². The van der Waals surface area contributed by atoms with Crippen LogP contribution >= 0.6 is 11.3 Å². The molecule has 13 rings (SSSR count). The molecule has 0 N–H and O–H groups in total. The maximum Gasteiger partial charge on any atom is 0.333 e. The van der Waals surface area contributed by atoms with Crippen LogP contribution in [0.3, 0.4) is 0 Å². The predicted molar refractivity (Wildman–Crippen MR) is 248 cm³/mol. The molecule has 280 valence electrons. The summed E-state index contributed by atoms with van der Waals surface area (Å²) in [7, 11) is 0. The number of fused-ring (bicyclic) bond motifs is 14. The quantitative estimate of drug-likeness (QED) is 0.155. The standard InChI is InChI=1S/C53H43BN2OS/c1-51(2)24-25-52(3,4)38-26-30(22-23-35(38)51)56-41-27-33-31-14-7-11-20-43(31)57-44(33)28-34(41)48-47-32-15-8-12-21-45(32)58-46(47)29-42-49(48)54(56)39-18-13-17-37-50(39)55(42)40-19-10-9-16-36(40)53(37,5)6/h7-23,26-29H,24-25H2,1-6H3. The topological polar surface area (TPSA) is 19.6 Å². The molecule has 0 unspecified atom stereocenters. The van der Waals surface area contributed by atoms with Crippen molar-refractivity contribution in [3.63, 3.8) is 0 Å². The van der Waals surface area contributed by atoms with Crippen molar-refractivity contribution in [2.45, 2.75) is 70.6 Å². The summed E-state index contributed by atoms with van der Waals surface area (Å²) in [5, 5.41) is 4.98. The van der Waals surface area contributed by atoms with E-state index in [0.717, 1.165) is 21.9 Å². The molecule has 5 heteroatoms. The average molecular weight is 767 g/mol. The number of hydrogen-bond acceptors (Lipinski definition) is 4. The predicted octanol–water partition coefficient (Wildman–Crippen LogP) is 13.6. The first kappa shape index (κ1) is 33.2. The number of furan rings is 1. The molecular formula is C53H43BN2OS. The van der Waals surface area contributed by atoms with E-state index in [1.165, 1.54) is 106 Å². The third-order valence-corrected chi connectivity index (χ3v) is 15.8. The summed E-state index contributed by atoms with van der Waals surface area (Å²) in [6.07, 6.45) is 2.36. The highest BCUT2D eigenvalue weighted by molar-refractivity contribution is 7.26. The molecule has 7 aromatic carbocycles. The second-order valence-corrected chi connectivity index (χ2v) is 20.2. The van der Waals surface area contributed by atoms with E-state index in [9.17, 15) is 0 Å². The third-order valence-electron chi connectivity index (χ3n) is 14.7. The van der Waals surface area contributed by atoms with Gasteiger partial charge >= 0.3 is 6.85 Å². The highest BCUT2D eigenvalue weighted by Gasteiger charge is 2.50. The molecular weight excluding hydrogens is 723 g/mol. The summed E-state index contributed by atoms with van der Waals surface area (Å²) in [6, 6.07) is 48.7. The lowest BCUT2D eigenvalue weighted by Gasteiger charge is -2.50. The number of rotatable bonds is 1. The van der Waals surface area contributed by atoms with Gasteiger partial charge in [0, 0.05) is 64.7 Å². The van der Waals surface area contributed by atoms with Crippen molar-refractivity contribution in [2.24, 2.45) is 0 Å². The summed E-state index contributed by atoms with van der Waals surface area (Å²) in [5.41, 5.74) is 19.2. The summed E-state index contributed by atoms with van der Waals surface area (Å²) < 4.78 is 9.38. The van der Waals surface area contributed by atoms with Gasteiger partial charge in [0.1, 0.15) is 11.2 Å². The smallest absolute Gasteiger partial charge is 0.333 e. The van der Waals surface area contributed by atoms with Crippen molar-refractivity contribution < 1.29 is 4.42 Å². The molecule has 0 fully saturated rings. The molecule has 0 saturated carbocycles. The van der Waals surface area contributed by atoms with Crippen LogP contribution in [0.4, 0.5) is 28.4 Å². The number of anilines is 5. The summed E-state index contributed by atoms with van der Waals surface area (Å²) >= 11 is 1.92. The van der Waals surface area contributed by atoms with Crippen LogP contribution in [0.15, 0.2) is 132 Å². The normalized spacial score (nSPS) is 17.7. The highest BCUT2D eigenvalue weighted by atomic mass is 32.1. The Labute approximate surface area is 343 Å². The van der Waals surface area contributed by atoms with Crippen LogP contribution in [0.25, 0.3) is 53.2 Å². The Hall–Kier alpha value is -5.78. The molecule has 0 radical (unpaired) electrons. The first-order valence-electron chi connectivity index (χ1n) is 20.9. The van der Waals surface area contributed by atoms with E-state index in [1.807, 2.05) is 11.3 Å². The number of benzene rings is 7. The van der Waals surface area contributed by atoms with Gasteiger partial charge in [0.2, 0.25) is 0 Å². The molecule has 2 aromatic heterocycles. The Bertz CT molecular complexity index is 3310. The van der Waals surface area contributed by atoms with Crippen LogP contribution in [0.5, 0.6) is 0 Å². The van der Waals surface area contributed by atoms with E-state index in [1.54, 1.807) is 0 Å². The van der Waals surface area contributed by atoms with Crippen molar-refractivity contribution in [1.82, 2.24) is 0 Å². The molecule has 3 aliphatic heterocycles. The van der Waals surface area contributed by atoms with Crippen molar-refractivity contribution in [3.8, 4) is 11.1 Å². The van der Waals surface area contributed by atoms with Crippen LogP contribution in [0.1, 0.15) is 76.6 Å². The van der Waals surface area contributed by atoms with E-state index < -0.39 is 0 Å². The van der Waals surface area contributed by atoms with Crippen molar-refractivity contribution in [2.75, 3.05) is 9.71 Å². The minimum atomic E-state index is -0.179. The van der Waals surface area contributed by atoms with E-state index in [4.69, 9.17) is 4.42 Å². The zero-order chi connectivity index (χ0) is 39.0. The molecule has 0 atom stereocenters. The second-order valence-electron chi connectivity index (χ2n) is 19.1. The molecule has 4 aliphatic rings. The SMILES string of the molecule is CC1(C)CCC(C)(C)c2cc(N3B4c5cccc6c5N(c5ccccc5C6(C)C)c5cc6sc7ccccc7c6c(c54)-c4cc5oc6ccccc6c5cc43)ccc21. The Balaban J connectivity index is 1.23. The van der Waals surface area contributed by atoms with Gasteiger partial charge in [-0.05, 0) is 111 Å². The van der Waals surface area contributed by atoms with Crippen molar-refractivity contribution in [3.05, 3.63) is 150 Å². The molecule has 5 heterocycles. The van der Waals surface area contributed by atoms with Crippen LogP contribution < -0.4 is 20.6 Å². The Morgan fingerprint density at radius 2 is 1.31 bits per heavy atom. The molecule has 0 spiro atoms. The largest absolute Gasteiger partial charge is 0.456 e. The Morgan fingerprint density at radius 3 is 2.17 bits per heavy atom. The molecule has 9 aromatic rings. The van der Waals surface area contributed by atoms with Crippen LogP contribution in [-0.4, -0.2) is 6.85 Å². The first-order valence-corrected chi connectivity index (χ1v) is 21.7. The van der Waals surface area contributed by atoms with Crippen LogP contribution in [0, 0.1) is 0 Å². The van der Waals surface area contributed by atoms with Gasteiger partial charge in [0.25, 0.3) is 0 Å². The van der Waals surface area contributed by atoms with Gasteiger partial charge in [0.05, 0.1) is 5.69 Å². The van der Waals surface area contributed by atoms with Crippen LogP contribution in [-0.2, 0) is 16.2 Å². The molecule has 0 amide bonds. The summed E-state index contributed by atoms with van der Waals surface area (Å²) in [4.78, 5) is 5.35. The number of thiophene rings is 1. The van der Waals surface area contributed by atoms with Gasteiger partial charge in [-0.25, -0.2) is 0 Å². The van der Waals surface area contributed by atoms with Gasteiger partial charge in [-0.1, -0.05) is 120 Å². The van der Waals surface area contributed by atoms with E-state index in [-0.39, 0.29) is 23.1 Å². The second kappa shape index (κ2) is 10.8. The molecule has 0 bridgehead atoms. The number of hydrogen-bond donors (Lipinski definition) is 0. The Kier molecular flexibility index (Phi) is 6.20. The lowest BCUT2D eigenvalue weighted by molar-refractivity contribution is 0.332. The van der Waals surface area contributed by atoms with E-state index in [2.05, 4.69) is 179 Å². The molecule has 3 nitrogen and oxygen atoms in total. The minimum absolute atomic E-state index is 0.0675. The summed E-state index contributed by atoms with van der Waals surface area (Å²) in [6.45, 7) is 14.5. The minimum Gasteiger partial charge on any atom is -0.456 e. The summed E-state index contributed by atoms with van der Waals surface area (Å²) in [5.74, 6) is 0. The van der Waals surface area contributed by atoms with Crippen LogP contribution in [0.2, 0.25) is 0 Å². The van der Waals surface area contributed by atoms with Gasteiger partial charge in [-0.15, -0.1) is 11.3 Å². The van der Waals surface area contributed by atoms with E-state index >= 15 is 0 Å². The fourth-order valence-electron chi connectivity index (χ4n) is 11.6. The number of nitrogens with zero attached hydrogens (tertiary/aromatic N) is 2. The maximum absolute atomic E-state index is 6.74. The number of para-hydroxylation sites is 3. The third kappa shape index (κ3) is 4.06. The zero-order valence-electron chi connectivity index (χ0n) is 33.8. The van der Waals surface area contributed by atoms with Gasteiger partial charge in [0.15, 0.2) is 0 Å². The maximum atomic E-state index is 6.74. The monoisotopic (exact) mass is 766 g/mol. The average Bonchev–Trinajstić information content (AvgIpc) is 3.79. The van der Waals surface area contributed by atoms with Gasteiger partial charge in [-0.2, -0.15) is 0 Å². The lowest BCUT2D eigenvalue weighted by Crippen LogP contribution is -2.62. The van der Waals surface area contributed by atoms with Gasteiger partial charge in [-0.3, -0.25) is 0 Å².